The van der Waals surface area contributed by atoms with Crippen molar-refractivity contribution in [3.8, 4) is 112 Å². The van der Waals surface area contributed by atoms with Gasteiger partial charge >= 0.3 is 0 Å². The third-order valence-electron chi connectivity index (χ3n) is 22.7. The molecule has 0 aliphatic heterocycles. The number of hydrogen-bond acceptors (Lipinski definition) is 0. The van der Waals surface area contributed by atoms with Crippen LogP contribution in [0.4, 0.5) is 0 Å². The second-order valence-corrected chi connectivity index (χ2v) is 29.1. The molecule has 22 aromatic rings. The van der Waals surface area contributed by atoms with E-state index in [1.165, 1.54) is 188 Å². The third kappa shape index (κ3) is 11.5. The molecule has 0 radical (unpaired) electrons. The smallest absolute Gasteiger partial charge is 0.0541 e. The van der Waals surface area contributed by atoms with Crippen molar-refractivity contribution in [3.05, 3.63) is 437 Å². The number of aromatic nitrogens is 4. The molecule has 0 bridgehead atoms. The topological polar surface area (TPSA) is 19.7 Å². The summed E-state index contributed by atoms with van der Waals surface area (Å²) in [6.07, 6.45) is 0. The van der Waals surface area contributed by atoms with E-state index in [-0.39, 0.29) is 0 Å². The quantitative estimate of drug-likeness (QED) is 0.116. The van der Waals surface area contributed by atoms with Crippen molar-refractivity contribution in [1.29, 1.82) is 0 Å². The predicted molar refractivity (Wildman–Crippen MR) is 474 cm³/mol. The molecule has 112 heavy (non-hydrogen) atoms. The molecule has 0 unspecified atom stereocenters. The number of benzene rings is 18. The van der Waals surface area contributed by atoms with Crippen molar-refractivity contribution >= 4 is 87.2 Å². The molecule has 4 aromatic heterocycles. The van der Waals surface area contributed by atoms with E-state index in [4.69, 9.17) is 0 Å². The molecule has 0 saturated carbocycles. The Kier molecular flexibility index (Phi) is 16.2. The number of nitrogens with zero attached hydrogens (tertiary/aromatic N) is 4. The standard InChI is InChI=1S/2C54H36N2/c1-3-14-37(15-4-1)40-18-13-19-41(34-40)38-26-30-44(31-27-38)55-51-24-11-8-21-46(51)48-35-42(28-32-53(48)55)43-29-33-54-49(36-43)47-22-9-12-25-52(47)56(54)50-23-10-7-20-45(50)39-16-5-2-6-17-39;1-3-13-37(14-4-1)38-23-25-39(26-24-38)40-27-31-44(32-28-40)55-51-21-11-8-18-46(51)48-35-42(29-33-53(48)55)43-30-34-54-49(36-43)47-19-9-12-22-52(47)56(54)50-20-10-7-17-45(50)41-15-5-2-6-16-41/h2*1-36H. The van der Waals surface area contributed by atoms with Gasteiger partial charge in [-0.2, -0.15) is 0 Å². The van der Waals surface area contributed by atoms with E-state index >= 15 is 0 Å². The Morgan fingerprint density at radius 1 is 0.116 bits per heavy atom. The van der Waals surface area contributed by atoms with Crippen LogP contribution in [0.2, 0.25) is 0 Å². The molecule has 0 amide bonds. The highest BCUT2D eigenvalue weighted by Crippen LogP contribution is 2.44. The summed E-state index contributed by atoms with van der Waals surface area (Å²) in [5.74, 6) is 0. The van der Waals surface area contributed by atoms with Gasteiger partial charge in [0.2, 0.25) is 0 Å². The van der Waals surface area contributed by atoms with E-state index < -0.39 is 0 Å². The van der Waals surface area contributed by atoms with E-state index in [1.54, 1.807) is 0 Å². The zero-order valence-electron chi connectivity index (χ0n) is 61.4. The molecule has 524 valence electrons. The summed E-state index contributed by atoms with van der Waals surface area (Å²) >= 11 is 0. The average Bonchev–Trinajstić information content (AvgIpc) is 1.58. The van der Waals surface area contributed by atoms with Gasteiger partial charge in [0, 0.05) is 65.6 Å². The first-order valence-electron chi connectivity index (χ1n) is 38.5. The molecular formula is C108H72N4. The molecule has 18 aromatic carbocycles. The third-order valence-corrected chi connectivity index (χ3v) is 22.7. The summed E-state index contributed by atoms with van der Waals surface area (Å²) in [6, 6.07) is 159. The fourth-order valence-electron chi connectivity index (χ4n) is 17.3. The molecule has 4 nitrogen and oxygen atoms in total. The van der Waals surface area contributed by atoms with Crippen molar-refractivity contribution in [1.82, 2.24) is 18.3 Å². The maximum Gasteiger partial charge on any atom is 0.0541 e. The Balaban J connectivity index is 0.000000141. The minimum Gasteiger partial charge on any atom is -0.309 e. The number of fused-ring (bicyclic) bond motifs is 12. The molecule has 0 atom stereocenters. The van der Waals surface area contributed by atoms with Gasteiger partial charge in [0.25, 0.3) is 0 Å². The second-order valence-electron chi connectivity index (χ2n) is 29.1. The van der Waals surface area contributed by atoms with Gasteiger partial charge in [0.15, 0.2) is 0 Å². The Hall–Kier alpha value is -14.8. The minimum absolute atomic E-state index is 1.15. The second kappa shape index (κ2) is 27.7. The SMILES string of the molecule is c1ccc(-c2ccc(-c3ccc(-n4c5ccccc5c5cc(-c6ccc7c(c6)c6ccccc6n7-c6ccccc6-c6ccccc6)ccc54)cc3)cc2)cc1.c1ccc(-c2cccc(-c3ccc(-n4c5ccccc5c5cc(-c6ccc7c(c6)c6ccccc6n7-c6ccccc6-c6ccccc6)ccc54)cc3)c2)cc1. The van der Waals surface area contributed by atoms with Gasteiger partial charge in [0.1, 0.15) is 0 Å². The highest BCUT2D eigenvalue weighted by Gasteiger charge is 2.22. The van der Waals surface area contributed by atoms with Crippen LogP contribution < -0.4 is 0 Å². The first-order chi connectivity index (χ1) is 55.6. The summed E-state index contributed by atoms with van der Waals surface area (Å²) in [5.41, 5.74) is 33.7. The van der Waals surface area contributed by atoms with Gasteiger partial charge in [-0.05, 0) is 193 Å². The fraction of sp³-hybridized carbons (Fsp3) is 0. The summed E-state index contributed by atoms with van der Waals surface area (Å²) in [5, 5.41) is 9.99. The largest absolute Gasteiger partial charge is 0.309 e. The van der Waals surface area contributed by atoms with E-state index in [1.807, 2.05) is 0 Å². The van der Waals surface area contributed by atoms with E-state index in [0.717, 1.165) is 11.4 Å². The van der Waals surface area contributed by atoms with Crippen LogP contribution in [0.5, 0.6) is 0 Å². The normalized spacial score (nSPS) is 11.6. The molecule has 4 heterocycles. The van der Waals surface area contributed by atoms with Gasteiger partial charge in [-0.3, -0.25) is 0 Å². The molecule has 0 N–H and O–H groups in total. The zero-order valence-corrected chi connectivity index (χ0v) is 61.4. The van der Waals surface area contributed by atoms with Gasteiger partial charge in [0.05, 0.1) is 55.5 Å². The Morgan fingerprint density at radius 2 is 0.330 bits per heavy atom. The lowest BCUT2D eigenvalue weighted by Crippen LogP contribution is -1.97. The first-order valence-corrected chi connectivity index (χ1v) is 38.5. The van der Waals surface area contributed by atoms with Crippen LogP contribution in [-0.2, 0) is 0 Å². The molecular weight excluding hydrogens is 1350 g/mol. The highest BCUT2D eigenvalue weighted by atomic mass is 15.0. The number of para-hydroxylation sites is 6. The van der Waals surface area contributed by atoms with Crippen molar-refractivity contribution < 1.29 is 0 Å². The van der Waals surface area contributed by atoms with Gasteiger partial charge < -0.3 is 18.3 Å². The maximum absolute atomic E-state index is 2.43. The summed E-state index contributed by atoms with van der Waals surface area (Å²) in [4.78, 5) is 0. The van der Waals surface area contributed by atoms with E-state index in [2.05, 4.69) is 455 Å². The van der Waals surface area contributed by atoms with Gasteiger partial charge in [-0.15, -0.1) is 0 Å². The Bertz CT molecular complexity index is 7310. The first kappa shape index (κ1) is 65.5. The van der Waals surface area contributed by atoms with Crippen LogP contribution in [-0.4, -0.2) is 18.3 Å². The van der Waals surface area contributed by atoms with Gasteiger partial charge in [-0.25, -0.2) is 0 Å². The van der Waals surface area contributed by atoms with Crippen LogP contribution in [0.3, 0.4) is 0 Å². The summed E-state index contributed by atoms with van der Waals surface area (Å²) in [7, 11) is 0. The molecule has 0 fully saturated rings. The fourth-order valence-corrected chi connectivity index (χ4v) is 17.3. The number of rotatable bonds is 12. The molecule has 0 saturated heterocycles. The van der Waals surface area contributed by atoms with Crippen LogP contribution in [0.25, 0.3) is 199 Å². The summed E-state index contributed by atoms with van der Waals surface area (Å²) in [6.45, 7) is 0. The van der Waals surface area contributed by atoms with Crippen molar-refractivity contribution in [2.24, 2.45) is 0 Å². The minimum atomic E-state index is 1.15. The zero-order chi connectivity index (χ0) is 74.0. The Labute approximate surface area is 649 Å². The molecule has 22 rings (SSSR count). The summed E-state index contributed by atoms with van der Waals surface area (Å²) < 4.78 is 9.66. The van der Waals surface area contributed by atoms with Crippen LogP contribution in [0.1, 0.15) is 0 Å². The van der Waals surface area contributed by atoms with Crippen molar-refractivity contribution in [3.63, 3.8) is 0 Å². The van der Waals surface area contributed by atoms with Crippen LogP contribution >= 0.6 is 0 Å². The monoisotopic (exact) mass is 1420 g/mol. The number of hydrogen-bond donors (Lipinski definition) is 0. The maximum atomic E-state index is 2.43. The lowest BCUT2D eigenvalue weighted by Gasteiger charge is -2.14. The van der Waals surface area contributed by atoms with Crippen molar-refractivity contribution in [2.75, 3.05) is 0 Å². The lowest BCUT2D eigenvalue weighted by atomic mass is 9.99. The van der Waals surface area contributed by atoms with E-state index in [0.29, 0.717) is 0 Å². The highest BCUT2D eigenvalue weighted by molar-refractivity contribution is 6.15. The Morgan fingerprint density at radius 3 is 0.679 bits per heavy atom. The van der Waals surface area contributed by atoms with Crippen LogP contribution in [0.15, 0.2) is 437 Å². The molecule has 4 heteroatoms. The average molecular weight is 1430 g/mol. The van der Waals surface area contributed by atoms with Gasteiger partial charge in [-0.1, -0.05) is 322 Å². The molecule has 0 aliphatic rings. The van der Waals surface area contributed by atoms with Crippen molar-refractivity contribution in [2.45, 2.75) is 0 Å². The molecule has 0 spiro atoms. The van der Waals surface area contributed by atoms with E-state index in [9.17, 15) is 0 Å². The van der Waals surface area contributed by atoms with Crippen LogP contribution in [0, 0.1) is 0 Å². The molecule has 0 aliphatic carbocycles. The lowest BCUT2D eigenvalue weighted by molar-refractivity contribution is 1.18. The predicted octanol–water partition coefficient (Wildman–Crippen LogP) is 29.1.